The quantitative estimate of drug-likeness (QED) is 0.804. The lowest BCUT2D eigenvalue weighted by atomic mass is 10.2. The second-order valence-electron chi connectivity index (χ2n) is 3.88. The predicted octanol–water partition coefficient (Wildman–Crippen LogP) is 2.01. The largest absolute Gasteiger partial charge is 0.462 e. The molecule has 0 bridgehead atoms. The third-order valence-electron chi connectivity index (χ3n) is 1.97. The molecule has 0 aromatic heterocycles. The minimum Gasteiger partial charge on any atom is -0.462 e. The van der Waals surface area contributed by atoms with Gasteiger partial charge in [0.1, 0.15) is 11.6 Å². The van der Waals surface area contributed by atoms with Crippen molar-refractivity contribution in [1.82, 2.24) is 5.32 Å². The van der Waals surface area contributed by atoms with Crippen molar-refractivity contribution < 1.29 is 18.3 Å². The van der Waals surface area contributed by atoms with Gasteiger partial charge in [0.15, 0.2) is 0 Å². The number of hydrogen-bond acceptors (Lipinski definition) is 3. The number of carbonyl (C=O) groups excluding carboxylic acids is 1. The highest BCUT2D eigenvalue weighted by atomic mass is 19.1. The summed E-state index contributed by atoms with van der Waals surface area (Å²) in [6, 6.07) is 3.32. The zero-order chi connectivity index (χ0) is 12.8. The number of nitrogens with one attached hydrogen (secondary N) is 1. The van der Waals surface area contributed by atoms with Crippen molar-refractivity contribution in [1.29, 1.82) is 0 Å². The van der Waals surface area contributed by atoms with Crippen LogP contribution in [0.2, 0.25) is 0 Å². The molecule has 0 unspecified atom stereocenters. The second-order valence-corrected chi connectivity index (χ2v) is 3.88. The molecule has 0 spiro atoms. The van der Waals surface area contributed by atoms with Crippen molar-refractivity contribution in [3.8, 4) is 0 Å². The first-order chi connectivity index (χ1) is 7.99. The van der Waals surface area contributed by atoms with Crippen LogP contribution >= 0.6 is 0 Å². The van der Waals surface area contributed by atoms with Gasteiger partial charge in [-0.05, 0) is 19.9 Å². The zero-order valence-corrected chi connectivity index (χ0v) is 9.80. The molecule has 0 aliphatic heterocycles. The fourth-order valence-electron chi connectivity index (χ4n) is 1.27. The summed E-state index contributed by atoms with van der Waals surface area (Å²) < 4.78 is 30.7. The Morgan fingerprint density at radius 2 is 2.12 bits per heavy atom. The molecule has 0 saturated carbocycles. The van der Waals surface area contributed by atoms with Gasteiger partial charge in [-0.15, -0.1) is 0 Å². The molecule has 17 heavy (non-hydrogen) atoms. The molecule has 0 heterocycles. The van der Waals surface area contributed by atoms with Crippen LogP contribution in [0, 0.1) is 11.6 Å². The molecule has 1 N–H and O–H groups in total. The van der Waals surface area contributed by atoms with Crippen LogP contribution < -0.4 is 5.32 Å². The Morgan fingerprint density at radius 3 is 2.71 bits per heavy atom. The van der Waals surface area contributed by atoms with E-state index in [0.717, 1.165) is 6.07 Å². The van der Waals surface area contributed by atoms with Crippen molar-refractivity contribution in [2.75, 3.05) is 6.54 Å². The highest BCUT2D eigenvalue weighted by Crippen LogP contribution is 2.08. The molecule has 1 aromatic rings. The Labute approximate surface area is 98.8 Å². The van der Waals surface area contributed by atoms with E-state index in [4.69, 9.17) is 4.74 Å². The van der Waals surface area contributed by atoms with Gasteiger partial charge in [0.25, 0.3) is 0 Å². The van der Waals surface area contributed by atoms with E-state index in [-0.39, 0.29) is 19.2 Å². The summed E-state index contributed by atoms with van der Waals surface area (Å²) in [6.45, 7) is 3.64. The topological polar surface area (TPSA) is 38.3 Å². The fraction of sp³-hybridized carbons (Fsp3) is 0.417. The maximum absolute atomic E-state index is 13.2. The molecule has 3 nitrogen and oxygen atoms in total. The minimum atomic E-state index is -0.630. The molecule has 0 radical (unpaired) electrons. The summed E-state index contributed by atoms with van der Waals surface area (Å²) in [6.07, 6.45) is -0.174. The average Bonchev–Trinajstić information content (AvgIpc) is 2.20. The Bertz CT molecular complexity index is 394. The molecule has 94 valence electrons. The van der Waals surface area contributed by atoms with Crippen molar-refractivity contribution in [3.63, 3.8) is 0 Å². The van der Waals surface area contributed by atoms with Crippen molar-refractivity contribution >= 4 is 5.97 Å². The first kappa shape index (κ1) is 13.6. The molecule has 5 heteroatoms. The van der Waals surface area contributed by atoms with E-state index in [1.54, 1.807) is 13.8 Å². The van der Waals surface area contributed by atoms with Gasteiger partial charge in [-0.25, -0.2) is 8.78 Å². The van der Waals surface area contributed by atoms with E-state index in [2.05, 4.69) is 5.32 Å². The van der Waals surface area contributed by atoms with Crippen molar-refractivity contribution in [3.05, 3.63) is 35.4 Å². The molecule has 0 aliphatic rings. The van der Waals surface area contributed by atoms with Crippen LogP contribution in [0.25, 0.3) is 0 Å². The summed E-state index contributed by atoms with van der Waals surface area (Å²) >= 11 is 0. The van der Waals surface area contributed by atoms with Crippen LogP contribution in [0.4, 0.5) is 8.78 Å². The Balaban J connectivity index is 2.38. The normalized spacial score (nSPS) is 10.6. The molecule has 0 amide bonds. The number of ether oxygens (including phenoxy) is 1. The average molecular weight is 243 g/mol. The summed E-state index contributed by atoms with van der Waals surface area (Å²) in [5.74, 6) is -1.65. The Morgan fingerprint density at radius 1 is 1.41 bits per heavy atom. The van der Waals surface area contributed by atoms with Gasteiger partial charge >= 0.3 is 5.97 Å². The molecular formula is C12H15F2NO2. The van der Waals surface area contributed by atoms with Crippen LogP contribution in [-0.2, 0) is 16.1 Å². The lowest BCUT2D eigenvalue weighted by Gasteiger charge is -2.09. The lowest BCUT2D eigenvalue weighted by Crippen LogP contribution is -2.26. The van der Waals surface area contributed by atoms with Gasteiger partial charge < -0.3 is 10.1 Å². The van der Waals surface area contributed by atoms with E-state index < -0.39 is 17.6 Å². The van der Waals surface area contributed by atoms with Gasteiger partial charge in [0.2, 0.25) is 0 Å². The lowest BCUT2D eigenvalue weighted by molar-refractivity contribution is -0.146. The standard InChI is InChI=1S/C12H15F2NO2/c1-8(2)17-12(16)7-15-6-9-3-4-10(13)5-11(9)14/h3-5,8,15H,6-7H2,1-2H3. The van der Waals surface area contributed by atoms with Gasteiger partial charge in [-0.1, -0.05) is 6.07 Å². The highest BCUT2D eigenvalue weighted by Gasteiger charge is 2.07. The first-order valence-electron chi connectivity index (χ1n) is 5.33. The molecule has 0 fully saturated rings. The van der Waals surface area contributed by atoms with Crippen LogP contribution in [0.5, 0.6) is 0 Å². The number of benzene rings is 1. The summed E-state index contributed by atoms with van der Waals surface area (Å²) in [7, 11) is 0. The summed E-state index contributed by atoms with van der Waals surface area (Å²) in [5.41, 5.74) is 0.309. The van der Waals surface area contributed by atoms with Gasteiger partial charge in [0.05, 0.1) is 12.6 Å². The van der Waals surface area contributed by atoms with Crippen molar-refractivity contribution in [2.24, 2.45) is 0 Å². The Hall–Kier alpha value is -1.49. The number of rotatable bonds is 5. The van der Waals surface area contributed by atoms with E-state index in [1.165, 1.54) is 12.1 Å². The SMILES string of the molecule is CC(C)OC(=O)CNCc1ccc(F)cc1F. The maximum Gasteiger partial charge on any atom is 0.320 e. The van der Waals surface area contributed by atoms with Gasteiger partial charge in [-0.3, -0.25) is 4.79 Å². The highest BCUT2D eigenvalue weighted by molar-refractivity contribution is 5.71. The van der Waals surface area contributed by atoms with E-state index in [9.17, 15) is 13.6 Å². The molecule has 1 aromatic carbocycles. The van der Waals surface area contributed by atoms with Crippen LogP contribution in [-0.4, -0.2) is 18.6 Å². The van der Waals surface area contributed by atoms with Gasteiger partial charge in [-0.2, -0.15) is 0 Å². The number of hydrogen-bond donors (Lipinski definition) is 1. The minimum absolute atomic E-state index is 0.00496. The fourth-order valence-corrected chi connectivity index (χ4v) is 1.27. The van der Waals surface area contributed by atoms with Crippen LogP contribution in [0.3, 0.4) is 0 Å². The smallest absolute Gasteiger partial charge is 0.320 e. The molecule has 1 rings (SSSR count). The van der Waals surface area contributed by atoms with Gasteiger partial charge in [0, 0.05) is 18.2 Å². The molecule has 0 saturated heterocycles. The van der Waals surface area contributed by atoms with Crippen LogP contribution in [0.15, 0.2) is 18.2 Å². The number of carbonyl (C=O) groups is 1. The monoisotopic (exact) mass is 243 g/mol. The second kappa shape index (κ2) is 6.30. The third kappa shape index (κ3) is 4.91. The number of esters is 1. The number of halogens is 2. The third-order valence-corrected chi connectivity index (χ3v) is 1.97. The van der Waals surface area contributed by atoms with E-state index in [0.29, 0.717) is 5.56 Å². The molecular weight excluding hydrogens is 228 g/mol. The first-order valence-corrected chi connectivity index (χ1v) is 5.33. The zero-order valence-electron chi connectivity index (χ0n) is 9.80. The predicted molar refractivity (Wildman–Crippen MR) is 59.3 cm³/mol. The van der Waals surface area contributed by atoms with Crippen LogP contribution in [0.1, 0.15) is 19.4 Å². The molecule has 0 aliphatic carbocycles. The Kier molecular flexibility index (Phi) is 5.03. The summed E-state index contributed by atoms with van der Waals surface area (Å²) in [5, 5.41) is 2.73. The summed E-state index contributed by atoms with van der Waals surface area (Å²) in [4.78, 5) is 11.1. The van der Waals surface area contributed by atoms with E-state index >= 15 is 0 Å². The maximum atomic E-state index is 13.2. The van der Waals surface area contributed by atoms with E-state index in [1.807, 2.05) is 0 Å². The van der Waals surface area contributed by atoms with Crippen molar-refractivity contribution in [2.45, 2.75) is 26.5 Å². The molecule has 0 atom stereocenters.